The highest BCUT2D eigenvalue weighted by Crippen LogP contribution is 2.25. The van der Waals surface area contributed by atoms with E-state index in [0.717, 1.165) is 11.4 Å². The molecule has 0 aliphatic carbocycles. The number of rotatable bonds is 4. The molecule has 0 bridgehead atoms. The van der Waals surface area contributed by atoms with Crippen molar-refractivity contribution in [2.24, 2.45) is 5.92 Å². The van der Waals surface area contributed by atoms with Crippen LogP contribution >= 0.6 is 0 Å². The minimum Gasteiger partial charge on any atom is -0.494 e. The minimum atomic E-state index is -0.509. The number of anilines is 1. The fraction of sp³-hybridized carbons (Fsp3) is 0.500. The molecule has 1 aromatic carbocycles. The van der Waals surface area contributed by atoms with E-state index in [4.69, 9.17) is 4.74 Å². The summed E-state index contributed by atoms with van der Waals surface area (Å²) in [5.74, 6) is 0.616. The van der Waals surface area contributed by atoms with Crippen LogP contribution in [0.3, 0.4) is 0 Å². The van der Waals surface area contributed by atoms with Gasteiger partial charge in [-0.3, -0.25) is 14.5 Å². The van der Waals surface area contributed by atoms with E-state index in [1.165, 1.54) is 0 Å². The third-order valence-electron chi connectivity index (χ3n) is 3.66. The number of nitrogens with one attached hydrogen (secondary N) is 1. The van der Waals surface area contributed by atoms with Crippen LogP contribution in [-0.2, 0) is 9.59 Å². The highest BCUT2D eigenvalue weighted by atomic mass is 16.5. The molecule has 2 atom stereocenters. The van der Waals surface area contributed by atoms with Crippen molar-refractivity contribution < 1.29 is 14.3 Å². The molecule has 21 heavy (non-hydrogen) atoms. The van der Waals surface area contributed by atoms with Crippen LogP contribution in [0.5, 0.6) is 5.75 Å². The van der Waals surface area contributed by atoms with Crippen molar-refractivity contribution in [1.29, 1.82) is 0 Å². The maximum atomic E-state index is 12.6. The molecule has 1 heterocycles. The lowest BCUT2D eigenvalue weighted by molar-refractivity contribution is -0.134. The molecule has 0 spiro atoms. The number of amides is 2. The number of carbonyl (C=O) groups excluding carboxylic acids is 2. The maximum absolute atomic E-state index is 12.6. The quantitative estimate of drug-likeness (QED) is 0.922. The molecule has 1 aromatic rings. The van der Waals surface area contributed by atoms with Crippen molar-refractivity contribution in [1.82, 2.24) is 5.32 Å². The lowest BCUT2D eigenvalue weighted by Gasteiger charge is -2.38. The zero-order valence-electron chi connectivity index (χ0n) is 12.9. The Hall–Kier alpha value is -2.04. The summed E-state index contributed by atoms with van der Waals surface area (Å²) >= 11 is 0. The van der Waals surface area contributed by atoms with E-state index in [9.17, 15) is 9.59 Å². The molecule has 1 N–H and O–H groups in total. The highest BCUT2D eigenvalue weighted by Gasteiger charge is 2.40. The SMILES string of the molecule is CCOc1ccc(N2C(=O)C(C(C)C)NC(=O)C2C)cc1. The molecule has 1 aliphatic heterocycles. The summed E-state index contributed by atoms with van der Waals surface area (Å²) in [4.78, 5) is 26.3. The van der Waals surface area contributed by atoms with Crippen molar-refractivity contribution in [3.05, 3.63) is 24.3 Å². The predicted molar refractivity (Wildman–Crippen MR) is 81.3 cm³/mol. The lowest BCUT2D eigenvalue weighted by Crippen LogP contribution is -2.64. The van der Waals surface area contributed by atoms with Crippen LogP contribution in [0, 0.1) is 5.92 Å². The summed E-state index contributed by atoms with van der Waals surface area (Å²) in [5.41, 5.74) is 0.719. The van der Waals surface area contributed by atoms with Crippen molar-refractivity contribution in [2.45, 2.75) is 39.8 Å². The zero-order valence-corrected chi connectivity index (χ0v) is 12.9. The number of piperazine rings is 1. The van der Waals surface area contributed by atoms with E-state index < -0.39 is 12.1 Å². The van der Waals surface area contributed by atoms with Crippen molar-refractivity contribution in [2.75, 3.05) is 11.5 Å². The Morgan fingerprint density at radius 3 is 2.38 bits per heavy atom. The first-order valence-corrected chi connectivity index (χ1v) is 7.32. The minimum absolute atomic E-state index is 0.0548. The summed E-state index contributed by atoms with van der Waals surface area (Å²) in [7, 11) is 0. The Kier molecular flexibility index (Phi) is 4.50. The maximum Gasteiger partial charge on any atom is 0.250 e. The van der Waals surface area contributed by atoms with Gasteiger partial charge in [0.1, 0.15) is 17.8 Å². The molecule has 0 radical (unpaired) electrons. The Morgan fingerprint density at radius 2 is 1.86 bits per heavy atom. The topological polar surface area (TPSA) is 58.6 Å². The van der Waals surface area contributed by atoms with Crippen molar-refractivity contribution in [3.8, 4) is 5.75 Å². The Morgan fingerprint density at radius 1 is 1.24 bits per heavy atom. The van der Waals surface area contributed by atoms with E-state index in [-0.39, 0.29) is 17.7 Å². The van der Waals surface area contributed by atoms with Crippen LogP contribution in [0.4, 0.5) is 5.69 Å². The Balaban J connectivity index is 2.30. The van der Waals surface area contributed by atoms with Crippen LogP contribution in [0.25, 0.3) is 0 Å². The van der Waals surface area contributed by atoms with Crippen molar-refractivity contribution in [3.63, 3.8) is 0 Å². The smallest absolute Gasteiger partial charge is 0.250 e. The monoisotopic (exact) mass is 290 g/mol. The number of hydrogen-bond donors (Lipinski definition) is 1. The van der Waals surface area contributed by atoms with Crippen LogP contribution < -0.4 is 15.0 Å². The van der Waals surface area contributed by atoms with Gasteiger partial charge in [0.2, 0.25) is 5.91 Å². The molecule has 1 saturated heterocycles. The molecule has 5 nitrogen and oxygen atoms in total. The standard InChI is InChI=1S/C16H22N2O3/c1-5-21-13-8-6-12(7-9-13)18-11(4)15(19)17-14(10(2)3)16(18)20/h6-11,14H,5H2,1-4H3,(H,17,19). The molecule has 0 saturated carbocycles. The average molecular weight is 290 g/mol. The van der Waals surface area contributed by atoms with E-state index in [1.54, 1.807) is 11.8 Å². The average Bonchev–Trinajstić information content (AvgIpc) is 2.45. The molecule has 0 aromatic heterocycles. The van der Waals surface area contributed by atoms with Gasteiger partial charge < -0.3 is 10.1 Å². The number of benzene rings is 1. The molecular formula is C16H22N2O3. The summed E-state index contributed by atoms with van der Waals surface area (Å²) in [6.07, 6.45) is 0. The second kappa shape index (κ2) is 6.16. The first-order valence-electron chi connectivity index (χ1n) is 7.32. The lowest BCUT2D eigenvalue weighted by atomic mass is 9.98. The molecular weight excluding hydrogens is 268 g/mol. The number of carbonyl (C=O) groups is 2. The van der Waals surface area contributed by atoms with Gasteiger partial charge in [0.15, 0.2) is 0 Å². The highest BCUT2D eigenvalue weighted by molar-refractivity contribution is 6.08. The molecule has 2 rings (SSSR count). The van der Waals surface area contributed by atoms with Gasteiger partial charge >= 0.3 is 0 Å². The molecule has 2 amide bonds. The summed E-state index contributed by atoms with van der Waals surface area (Å²) < 4.78 is 5.40. The Labute approximate surface area is 125 Å². The van der Waals surface area contributed by atoms with Gasteiger partial charge in [0.05, 0.1) is 6.61 Å². The van der Waals surface area contributed by atoms with E-state index >= 15 is 0 Å². The van der Waals surface area contributed by atoms with Gasteiger partial charge in [0, 0.05) is 5.69 Å². The largest absolute Gasteiger partial charge is 0.494 e. The summed E-state index contributed by atoms with van der Waals surface area (Å²) in [5, 5.41) is 2.79. The van der Waals surface area contributed by atoms with E-state index in [0.29, 0.717) is 6.61 Å². The summed E-state index contributed by atoms with van der Waals surface area (Å²) in [6.45, 7) is 8.10. The van der Waals surface area contributed by atoms with Gasteiger partial charge in [-0.2, -0.15) is 0 Å². The van der Waals surface area contributed by atoms with Crippen LogP contribution in [0.1, 0.15) is 27.7 Å². The molecule has 114 valence electrons. The second-order valence-electron chi connectivity index (χ2n) is 5.54. The van der Waals surface area contributed by atoms with Gasteiger partial charge in [0.25, 0.3) is 5.91 Å². The molecule has 1 fully saturated rings. The van der Waals surface area contributed by atoms with E-state index in [1.807, 2.05) is 45.0 Å². The molecule has 5 heteroatoms. The van der Waals surface area contributed by atoms with Gasteiger partial charge in [-0.15, -0.1) is 0 Å². The van der Waals surface area contributed by atoms with Gasteiger partial charge in [-0.25, -0.2) is 0 Å². The van der Waals surface area contributed by atoms with Crippen LogP contribution in [0.2, 0.25) is 0 Å². The summed E-state index contributed by atoms with van der Waals surface area (Å²) in [6, 6.07) is 6.28. The third-order valence-corrected chi connectivity index (χ3v) is 3.66. The van der Waals surface area contributed by atoms with Crippen LogP contribution in [-0.4, -0.2) is 30.5 Å². The third kappa shape index (κ3) is 3.01. The molecule has 1 aliphatic rings. The Bertz CT molecular complexity index is 525. The van der Waals surface area contributed by atoms with Crippen molar-refractivity contribution >= 4 is 17.5 Å². The zero-order chi connectivity index (χ0) is 15.6. The second-order valence-corrected chi connectivity index (χ2v) is 5.54. The predicted octanol–water partition coefficient (Wildman–Crippen LogP) is 1.96. The first kappa shape index (κ1) is 15.4. The fourth-order valence-corrected chi connectivity index (χ4v) is 2.47. The molecule has 2 unspecified atom stereocenters. The van der Waals surface area contributed by atoms with Gasteiger partial charge in [-0.1, -0.05) is 13.8 Å². The number of hydrogen-bond acceptors (Lipinski definition) is 3. The first-order chi connectivity index (χ1) is 9.95. The van der Waals surface area contributed by atoms with Gasteiger partial charge in [-0.05, 0) is 44.0 Å². The van der Waals surface area contributed by atoms with E-state index in [2.05, 4.69) is 5.32 Å². The number of nitrogens with zero attached hydrogens (tertiary/aromatic N) is 1. The van der Waals surface area contributed by atoms with Crippen LogP contribution in [0.15, 0.2) is 24.3 Å². The fourth-order valence-electron chi connectivity index (χ4n) is 2.47. The normalized spacial score (nSPS) is 22.4. The number of ether oxygens (including phenoxy) is 1.